The monoisotopic (exact) mass is 292 g/mol. The molecule has 21 heavy (non-hydrogen) atoms. The Bertz CT molecular complexity index is 752. The van der Waals surface area contributed by atoms with Crippen molar-refractivity contribution in [2.75, 3.05) is 0 Å². The first-order valence-electron chi connectivity index (χ1n) is 7.49. The van der Waals surface area contributed by atoms with Crippen LogP contribution in [0.15, 0.2) is 59.7 Å². The third-order valence-corrected chi connectivity index (χ3v) is 4.90. The Hall–Kier alpha value is -1.79. The summed E-state index contributed by atoms with van der Waals surface area (Å²) in [5, 5.41) is 0.109. The normalized spacial score (nSPS) is 17.0. The predicted molar refractivity (Wildman–Crippen MR) is 90.5 cm³/mol. The second kappa shape index (κ2) is 5.20. The summed E-state index contributed by atoms with van der Waals surface area (Å²) in [7, 11) is 0. The zero-order chi connectivity index (χ0) is 14.2. The van der Waals surface area contributed by atoms with Gasteiger partial charge in [-0.1, -0.05) is 66.3 Å². The topological polar surface area (TPSA) is 0 Å². The van der Waals surface area contributed by atoms with E-state index in [0.717, 1.165) is 19.3 Å². The quantitative estimate of drug-likeness (QED) is 0.677. The number of hydrogen-bond donors (Lipinski definition) is 0. The van der Waals surface area contributed by atoms with E-state index < -0.39 is 0 Å². The molecular weight excluding hydrogens is 276 g/mol. The Labute approximate surface area is 130 Å². The van der Waals surface area contributed by atoms with Crippen molar-refractivity contribution in [1.82, 2.24) is 0 Å². The highest BCUT2D eigenvalue weighted by molar-refractivity contribution is 6.23. The molecular formula is C20H17Cl. The molecule has 2 aliphatic carbocycles. The van der Waals surface area contributed by atoms with Crippen molar-refractivity contribution in [2.24, 2.45) is 0 Å². The van der Waals surface area contributed by atoms with Gasteiger partial charge in [0.2, 0.25) is 0 Å². The molecule has 0 saturated heterocycles. The Morgan fingerprint density at radius 3 is 2.10 bits per heavy atom. The van der Waals surface area contributed by atoms with E-state index in [1.54, 1.807) is 0 Å². The molecule has 0 aliphatic heterocycles. The second-order valence-corrected chi connectivity index (χ2v) is 6.47. The van der Waals surface area contributed by atoms with Crippen molar-refractivity contribution in [3.63, 3.8) is 0 Å². The van der Waals surface area contributed by atoms with Crippen LogP contribution in [0.1, 0.15) is 28.7 Å². The molecule has 0 amide bonds. The first-order chi connectivity index (χ1) is 10.3. The summed E-state index contributed by atoms with van der Waals surface area (Å²) < 4.78 is 0. The maximum absolute atomic E-state index is 6.69. The van der Waals surface area contributed by atoms with Crippen LogP contribution in [0.2, 0.25) is 0 Å². The number of fused-ring (bicyclic) bond motifs is 2. The lowest BCUT2D eigenvalue weighted by molar-refractivity contribution is 0.894. The zero-order valence-corrected chi connectivity index (χ0v) is 12.6. The van der Waals surface area contributed by atoms with Gasteiger partial charge in [0.15, 0.2) is 0 Å². The number of alkyl halides is 1. The van der Waals surface area contributed by atoms with Crippen LogP contribution < -0.4 is 0 Å². The van der Waals surface area contributed by atoms with E-state index in [9.17, 15) is 0 Å². The van der Waals surface area contributed by atoms with Crippen LogP contribution in [-0.2, 0) is 12.8 Å². The van der Waals surface area contributed by atoms with E-state index >= 15 is 0 Å². The van der Waals surface area contributed by atoms with Gasteiger partial charge < -0.3 is 0 Å². The van der Waals surface area contributed by atoms with Crippen LogP contribution in [0.25, 0.3) is 12.2 Å². The van der Waals surface area contributed by atoms with Crippen LogP contribution >= 0.6 is 11.6 Å². The summed E-state index contributed by atoms with van der Waals surface area (Å²) in [6.45, 7) is 0. The summed E-state index contributed by atoms with van der Waals surface area (Å²) in [5.74, 6) is 0. The van der Waals surface area contributed by atoms with E-state index in [4.69, 9.17) is 11.6 Å². The van der Waals surface area contributed by atoms with E-state index in [2.05, 4.69) is 60.7 Å². The van der Waals surface area contributed by atoms with E-state index in [1.165, 1.54) is 33.4 Å². The first-order valence-corrected chi connectivity index (χ1v) is 7.93. The minimum Gasteiger partial charge on any atom is -0.118 e. The fourth-order valence-electron chi connectivity index (χ4n) is 3.35. The summed E-state index contributed by atoms with van der Waals surface area (Å²) >= 11 is 6.69. The Balaban J connectivity index is 1.48. The molecule has 0 nitrogen and oxygen atoms in total. The van der Waals surface area contributed by atoms with Gasteiger partial charge in [-0.05, 0) is 47.1 Å². The molecule has 0 saturated carbocycles. The van der Waals surface area contributed by atoms with Crippen LogP contribution in [0.5, 0.6) is 0 Å². The number of halogens is 1. The molecule has 1 unspecified atom stereocenters. The SMILES string of the molecule is ClC(CC1=Cc2ccccc2C1)C1=Cc2ccccc2C1. The molecule has 1 atom stereocenters. The highest BCUT2D eigenvalue weighted by Gasteiger charge is 2.21. The summed E-state index contributed by atoms with van der Waals surface area (Å²) in [6, 6.07) is 17.2. The minimum atomic E-state index is 0.109. The van der Waals surface area contributed by atoms with Crippen molar-refractivity contribution in [1.29, 1.82) is 0 Å². The van der Waals surface area contributed by atoms with Gasteiger partial charge >= 0.3 is 0 Å². The van der Waals surface area contributed by atoms with Crippen LogP contribution in [0, 0.1) is 0 Å². The smallest absolute Gasteiger partial charge is 0.0589 e. The number of benzene rings is 2. The lowest BCUT2D eigenvalue weighted by Crippen LogP contribution is -2.05. The van der Waals surface area contributed by atoms with Crippen molar-refractivity contribution >= 4 is 23.8 Å². The maximum atomic E-state index is 6.69. The fourth-order valence-corrected chi connectivity index (χ4v) is 3.69. The third kappa shape index (κ3) is 2.45. The van der Waals surface area contributed by atoms with Crippen molar-refractivity contribution < 1.29 is 0 Å². The van der Waals surface area contributed by atoms with Gasteiger partial charge in [-0.25, -0.2) is 0 Å². The third-order valence-electron chi connectivity index (χ3n) is 4.47. The second-order valence-electron chi connectivity index (χ2n) is 5.94. The standard InChI is InChI=1S/C20H17Cl/c21-20(19-12-17-7-3-4-8-18(17)13-19)11-14-9-15-5-1-2-6-16(15)10-14/h1-9,12,20H,10-11,13H2. The molecule has 0 aromatic heterocycles. The summed E-state index contributed by atoms with van der Waals surface area (Å²) in [5.41, 5.74) is 8.34. The molecule has 0 N–H and O–H groups in total. The zero-order valence-electron chi connectivity index (χ0n) is 11.9. The van der Waals surface area contributed by atoms with E-state index in [0.29, 0.717) is 0 Å². The highest BCUT2D eigenvalue weighted by atomic mass is 35.5. The first kappa shape index (κ1) is 12.9. The Morgan fingerprint density at radius 2 is 1.43 bits per heavy atom. The molecule has 0 fully saturated rings. The maximum Gasteiger partial charge on any atom is 0.0589 e. The van der Waals surface area contributed by atoms with Gasteiger partial charge in [0.1, 0.15) is 0 Å². The molecule has 2 aromatic rings. The van der Waals surface area contributed by atoms with Gasteiger partial charge in [0.05, 0.1) is 5.38 Å². The van der Waals surface area contributed by atoms with Crippen LogP contribution in [-0.4, -0.2) is 5.38 Å². The number of hydrogen-bond acceptors (Lipinski definition) is 0. The lowest BCUT2D eigenvalue weighted by Gasteiger charge is -2.11. The average Bonchev–Trinajstić information content (AvgIpc) is 3.10. The number of allylic oxidation sites excluding steroid dienone is 2. The van der Waals surface area contributed by atoms with Gasteiger partial charge in [0.25, 0.3) is 0 Å². The van der Waals surface area contributed by atoms with E-state index in [1.807, 2.05) is 0 Å². The summed E-state index contributed by atoms with van der Waals surface area (Å²) in [6.07, 6.45) is 7.60. The molecule has 0 spiro atoms. The fraction of sp³-hybridized carbons (Fsp3) is 0.200. The molecule has 0 radical (unpaired) electrons. The average molecular weight is 293 g/mol. The van der Waals surface area contributed by atoms with Crippen molar-refractivity contribution in [3.8, 4) is 0 Å². The molecule has 0 heterocycles. The van der Waals surface area contributed by atoms with Crippen LogP contribution in [0.4, 0.5) is 0 Å². The van der Waals surface area contributed by atoms with E-state index in [-0.39, 0.29) is 5.38 Å². The molecule has 4 rings (SSSR count). The van der Waals surface area contributed by atoms with Gasteiger partial charge in [-0.15, -0.1) is 11.6 Å². The van der Waals surface area contributed by atoms with Gasteiger partial charge in [-0.3, -0.25) is 0 Å². The number of rotatable bonds is 3. The molecule has 0 bridgehead atoms. The Morgan fingerprint density at radius 1 is 0.810 bits per heavy atom. The molecule has 2 aliphatic rings. The van der Waals surface area contributed by atoms with Crippen LogP contribution in [0.3, 0.4) is 0 Å². The van der Waals surface area contributed by atoms with Crippen molar-refractivity contribution in [3.05, 3.63) is 81.9 Å². The van der Waals surface area contributed by atoms with Gasteiger partial charge in [-0.2, -0.15) is 0 Å². The Kier molecular flexibility index (Phi) is 3.20. The molecule has 2 aromatic carbocycles. The minimum absolute atomic E-state index is 0.109. The summed E-state index contributed by atoms with van der Waals surface area (Å²) in [4.78, 5) is 0. The predicted octanol–water partition coefficient (Wildman–Crippen LogP) is 5.26. The largest absolute Gasteiger partial charge is 0.118 e. The lowest BCUT2D eigenvalue weighted by atomic mass is 10.0. The highest BCUT2D eigenvalue weighted by Crippen LogP contribution is 2.34. The van der Waals surface area contributed by atoms with Crippen molar-refractivity contribution in [2.45, 2.75) is 24.6 Å². The molecule has 1 heteroatoms. The van der Waals surface area contributed by atoms with Gasteiger partial charge in [0, 0.05) is 0 Å². The molecule has 104 valence electrons.